The average Bonchev–Trinajstić information content (AvgIpc) is 2.55. The summed E-state index contributed by atoms with van der Waals surface area (Å²) in [6.07, 6.45) is -0.354. The van der Waals surface area contributed by atoms with Gasteiger partial charge in [-0.25, -0.2) is 8.78 Å². The van der Waals surface area contributed by atoms with Crippen molar-refractivity contribution < 1.29 is 23.1 Å². The van der Waals surface area contributed by atoms with Crippen LogP contribution in [0.25, 0.3) is 0 Å². The number of hydroxylamine groups is 2. The zero-order chi connectivity index (χ0) is 17.4. The normalized spacial score (nSPS) is 16.3. The van der Waals surface area contributed by atoms with Crippen molar-refractivity contribution >= 4 is 11.7 Å². The molecule has 0 aliphatic carbocycles. The van der Waals surface area contributed by atoms with Crippen molar-refractivity contribution in [2.75, 3.05) is 31.6 Å². The molecule has 8 heteroatoms. The number of rotatable bonds is 8. The molecule has 0 saturated carbocycles. The number of ether oxygens (including phenoxy) is 1. The van der Waals surface area contributed by atoms with Crippen LogP contribution in [0.1, 0.15) is 26.2 Å². The quantitative estimate of drug-likeness (QED) is 0.786. The lowest BCUT2D eigenvalue weighted by molar-refractivity contribution is -0.170. The van der Waals surface area contributed by atoms with Crippen LogP contribution in [0.3, 0.4) is 0 Å². The number of alkyl halides is 2. The number of anilines is 1. The van der Waals surface area contributed by atoms with Crippen LogP contribution < -0.4 is 10.1 Å². The first kappa shape index (κ1) is 18.5. The fourth-order valence-corrected chi connectivity index (χ4v) is 2.59. The van der Waals surface area contributed by atoms with Crippen LogP contribution in [-0.2, 0) is 9.63 Å². The minimum Gasteiger partial charge on any atom is -0.472 e. The standard InChI is InChI=1S/C16H23F2N3O3/c1-2-24-21-8-6-12(7-9-21)10-15(22)19-14-4-3-5-16(20-14)23-11-13(17)18/h3-5,12-13H,2,6-11H2,1H3,(H,19,20,22). The lowest BCUT2D eigenvalue weighted by atomic mass is 9.94. The Morgan fingerprint density at radius 1 is 1.42 bits per heavy atom. The van der Waals surface area contributed by atoms with Crippen molar-refractivity contribution in [3.05, 3.63) is 18.2 Å². The molecule has 0 radical (unpaired) electrons. The molecule has 1 fully saturated rings. The predicted octanol–water partition coefficient (Wildman–Crippen LogP) is 2.72. The van der Waals surface area contributed by atoms with E-state index in [0.29, 0.717) is 24.8 Å². The third-order valence-electron chi connectivity index (χ3n) is 3.71. The molecule has 0 atom stereocenters. The summed E-state index contributed by atoms with van der Waals surface area (Å²) in [7, 11) is 0. The molecular weight excluding hydrogens is 320 g/mol. The molecule has 1 N–H and O–H groups in total. The summed E-state index contributed by atoms with van der Waals surface area (Å²) >= 11 is 0. The van der Waals surface area contributed by atoms with Gasteiger partial charge in [-0.1, -0.05) is 6.07 Å². The third-order valence-corrected chi connectivity index (χ3v) is 3.71. The first-order valence-corrected chi connectivity index (χ1v) is 8.12. The van der Waals surface area contributed by atoms with Crippen molar-refractivity contribution in [2.45, 2.75) is 32.6 Å². The molecule has 0 spiro atoms. The number of hydrogen-bond donors (Lipinski definition) is 1. The second-order valence-electron chi connectivity index (χ2n) is 5.61. The summed E-state index contributed by atoms with van der Waals surface area (Å²) in [5.41, 5.74) is 0. The van der Waals surface area contributed by atoms with E-state index in [1.165, 1.54) is 6.07 Å². The highest BCUT2D eigenvalue weighted by atomic mass is 19.3. The molecule has 2 heterocycles. The number of amides is 1. The van der Waals surface area contributed by atoms with E-state index in [2.05, 4.69) is 10.3 Å². The number of piperidine rings is 1. The van der Waals surface area contributed by atoms with Gasteiger partial charge in [-0.15, -0.1) is 0 Å². The van der Waals surface area contributed by atoms with Gasteiger partial charge in [0, 0.05) is 25.6 Å². The van der Waals surface area contributed by atoms with Gasteiger partial charge in [-0.3, -0.25) is 9.63 Å². The van der Waals surface area contributed by atoms with E-state index in [1.54, 1.807) is 12.1 Å². The molecule has 1 aromatic heterocycles. The Balaban J connectivity index is 1.77. The number of pyridine rings is 1. The van der Waals surface area contributed by atoms with E-state index in [-0.39, 0.29) is 11.8 Å². The van der Waals surface area contributed by atoms with Gasteiger partial charge in [0.1, 0.15) is 5.82 Å². The maximum Gasteiger partial charge on any atom is 0.272 e. The van der Waals surface area contributed by atoms with Crippen LogP contribution in [0.5, 0.6) is 5.88 Å². The minimum atomic E-state index is -2.56. The fraction of sp³-hybridized carbons (Fsp3) is 0.625. The molecular formula is C16H23F2N3O3. The van der Waals surface area contributed by atoms with Gasteiger partial charge in [-0.2, -0.15) is 10.0 Å². The smallest absolute Gasteiger partial charge is 0.272 e. The highest BCUT2D eigenvalue weighted by Gasteiger charge is 2.22. The average molecular weight is 343 g/mol. The molecule has 0 aromatic carbocycles. The molecule has 134 valence electrons. The Morgan fingerprint density at radius 3 is 2.83 bits per heavy atom. The number of carbonyl (C=O) groups excluding carboxylic acids is 1. The van der Waals surface area contributed by atoms with Crippen LogP contribution >= 0.6 is 0 Å². The van der Waals surface area contributed by atoms with Gasteiger partial charge in [0.25, 0.3) is 6.43 Å². The predicted molar refractivity (Wildman–Crippen MR) is 84.9 cm³/mol. The second kappa shape index (κ2) is 9.48. The molecule has 2 rings (SSSR count). The molecule has 1 aromatic rings. The van der Waals surface area contributed by atoms with Crippen molar-refractivity contribution in [3.8, 4) is 5.88 Å². The van der Waals surface area contributed by atoms with E-state index in [9.17, 15) is 13.6 Å². The summed E-state index contributed by atoms with van der Waals surface area (Å²) in [5, 5.41) is 4.62. The van der Waals surface area contributed by atoms with Crippen LogP contribution in [0.15, 0.2) is 18.2 Å². The topological polar surface area (TPSA) is 63.7 Å². The summed E-state index contributed by atoms with van der Waals surface area (Å²) in [4.78, 5) is 21.5. The number of carbonyl (C=O) groups is 1. The van der Waals surface area contributed by atoms with Crippen molar-refractivity contribution in [1.29, 1.82) is 0 Å². The number of aromatic nitrogens is 1. The molecule has 0 unspecified atom stereocenters. The zero-order valence-corrected chi connectivity index (χ0v) is 13.7. The lowest BCUT2D eigenvalue weighted by Crippen LogP contribution is -2.35. The monoisotopic (exact) mass is 343 g/mol. The molecule has 1 aliphatic heterocycles. The highest BCUT2D eigenvalue weighted by molar-refractivity contribution is 5.89. The van der Waals surface area contributed by atoms with Gasteiger partial charge in [0.15, 0.2) is 6.61 Å². The van der Waals surface area contributed by atoms with Crippen molar-refractivity contribution in [1.82, 2.24) is 10.0 Å². The van der Waals surface area contributed by atoms with Gasteiger partial charge < -0.3 is 10.1 Å². The molecule has 1 aliphatic rings. The summed E-state index contributed by atoms with van der Waals surface area (Å²) in [5.74, 6) is 0.542. The first-order chi connectivity index (χ1) is 11.6. The fourth-order valence-electron chi connectivity index (χ4n) is 2.59. The number of nitrogens with zero attached hydrogens (tertiary/aromatic N) is 2. The van der Waals surface area contributed by atoms with Crippen LogP contribution in [0.4, 0.5) is 14.6 Å². The lowest BCUT2D eigenvalue weighted by Gasteiger charge is -2.30. The maximum atomic E-state index is 12.1. The summed E-state index contributed by atoms with van der Waals surface area (Å²) in [6, 6.07) is 4.68. The third kappa shape index (κ3) is 6.37. The highest BCUT2D eigenvalue weighted by Crippen LogP contribution is 2.21. The molecule has 0 bridgehead atoms. The minimum absolute atomic E-state index is 0.0677. The largest absolute Gasteiger partial charge is 0.472 e. The van der Waals surface area contributed by atoms with Gasteiger partial charge in [-0.05, 0) is 31.7 Å². The van der Waals surface area contributed by atoms with E-state index >= 15 is 0 Å². The zero-order valence-electron chi connectivity index (χ0n) is 13.7. The Hall–Kier alpha value is -1.80. The number of halogens is 2. The first-order valence-electron chi connectivity index (χ1n) is 8.12. The number of nitrogens with one attached hydrogen (secondary N) is 1. The molecule has 6 nitrogen and oxygen atoms in total. The SMILES string of the molecule is CCON1CCC(CC(=O)Nc2cccc(OCC(F)F)n2)CC1. The van der Waals surface area contributed by atoms with Gasteiger partial charge in [0.2, 0.25) is 11.8 Å². The maximum absolute atomic E-state index is 12.1. The Labute approximate surface area is 140 Å². The summed E-state index contributed by atoms with van der Waals surface area (Å²) < 4.78 is 29.1. The number of hydrogen-bond acceptors (Lipinski definition) is 5. The second-order valence-corrected chi connectivity index (χ2v) is 5.61. The Kier molecular flexibility index (Phi) is 7.33. The van der Waals surface area contributed by atoms with E-state index < -0.39 is 13.0 Å². The van der Waals surface area contributed by atoms with E-state index in [1.807, 2.05) is 12.0 Å². The van der Waals surface area contributed by atoms with E-state index in [0.717, 1.165) is 25.9 Å². The van der Waals surface area contributed by atoms with Gasteiger partial charge >= 0.3 is 0 Å². The Morgan fingerprint density at radius 2 is 2.17 bits per heavy atom. The van der Waals surface area contributed by atoms with E-state index in [4.69, 9.17) is 9.57 Å². The molecule has 24 heavy (non-hydrogen) atoms. The van der Waals surface area contributed by atoms with Crippen LogP contribution in [0.2, 0.25) is 0 Å². The van der Waals surface area contributed by atoms with Crippen molar-refractivity contribution in [3.63, 3.8) is 0 Å². The molecule has 1 amide bonds. The van der Waals surface area contributed by atoms with Crippen molar-refractivity contribution in [2.24, 2.45) is 5.92 Å². The molecule has 1 saturated heterocycles. The Bertz CT molecular complexity index is 523. The van der Waals surface area contributed by atoms with Crippen LogP contribution in [-0.4, -0.2) is 48.7 Å². The van der Waals surface area contributed by atoms with Gasteiger partial charge in [0.05, 0.1) is 6.61 Å². The van der Waals surface area contributed by atoms with Crippen LogP contribution in [0, 0.1) is 5.92 Å². The summed E-state index contributed by atoms with van der Waals surface area (Å²) in [6.45, 7) is 3.53.